The third kappa shape index (κ3) is 2.81. The third-order valence-corrected chi connectivity index (χ3v) is 3.39. The number of aromatic hydroxyl groups is 1. The maximum Gasteiger partial charge on any atom is 0.254 e. The lowest BCUT2D eigenvalue weighted by Crippen LogP contribution is -2.26. The Balaban J connectivity index is 2.12. The number of phenolic OH excluding ortho intramolecular Hbond substituents is 1. The standard InChI is InChI=1S/C12H12IN3O2/c1-16(7-11-14-4-5-15-11)12(18)8-2-3-9(13)10(17)6-8/h2-6,17H,7H2,1H3,(H,14,15). The van der Waals surface area contributed by atoms with Crippen molar-refractivity contribution >= 4 is 28.5 Å². The number of carbonyl (C=O) groups excluding carboxylic acids is 1. The van der Waals surface area contributed by atoms with Crippen molar-refractivity contribution in [2.45, 2.75) is 6.54 Å². The van der Waals surface area contributed by atoms with Crippen molar-refractivity contribution in [3.63, 3.8) is 0 Å². The molecule has 2 aromatic rings. The molecule has 0 radical (unpaired) electrons. The first-order valence-corrected chi connectivity index (χ1v) is 6.38. The highest BCUT2D eigenvalue weighted by atomic mass is 127. The van der Waals surface area contributed by atoms with E-state index in [1.54, 1.807) is 36.5 Å². The Kier molecular flexibility index (Phi) is 3.85. The molecule has 1 aromatic carbocycles. The monoisotopic (exact) mass is 357 g/mol. The first-order chi connectivity index (χ1) is 8.58. The van der Waals surface area contributed by atoms with E-state index in [-0.39, 0.29) is 11.7 Å². The number of phenols is 1. The van der Waals surface area contributed by atoms with Gasteiger partial charge in [-0.25, -0.2) is 4.98 Å². The zero-order valence-corrected chi connectivity index (χ0v) is 11.9. The number of amides is 1. The number of nitrogens with zero attached hydrogens (tertiary/aromatic N) is 2. The number of nitrogens with one attached hydrogen (secondary N) is 1. The van der Waals surface area contributed by atoms with Crippen molar-refractivity contribution in [2.75, 3.05) is 7.05 Å². The molecular weight excluding hydrogens is 345 g/mol. The topological polar surface area (TPSA) is 69.2 Å². The van der Waals surface area contributed by atoms with Crippen LogP contribution >= 0.6 is 22.6 Å². The van der Waals surface area contributed by atoms with Gasteiger partial charge in [0.05, 0.1) is 10.1 Å². The molecule has 2 rings (SSSR count). The number of aromatic nitrogens is 2. The maximum absolute atomic E-state index is 12.1. The largest absolute Gasteiger partial charge is 0.507 e. The molecule has 0 aliphatic carbocycles. The molecule has 18 heavy (non-hydrogen) atoms. The molecule has 2 N–H and O–H groups in total. The molecule has 0 aliphatic rings. The molecular formula is C12H12IN3O2. The van der Waals surface area contributed by atoms with Gasteiger partial charge in [-0.05, 0) is 40.8 Å². The van der Waals surface area contributed by atoms with Crippen LogP contribution in [0.4, 0.5) is 0 Å². The molecule has 0 fully saturated rings. The first-order valence-electron chi connectivity index (χ1n) is 5.30. The molecule has 0 unspecified atom stereocenters. The van der Waals surface area contributed by atoms with Crippen LogP contribution in [0.1, 0.15) is 16.2 Å². The molecule has 0 saturated carbocycles. The highest BCUT2D eigenvalue weighted by molar-refractivity contribution is 14.1. The fraction of sp³-hybridized carbons (Fsp3) is 0.167. The first kappa shape index (κ1) is 12.9. The van der Waals surface area contributed by atoms with Crippen LogP contribution in [-0.2, 0) is 6.54 Å². The smallest absolute Gasteiger partial charge is 0.254 e. The number of benzene rings is 1. The van der Waals surface area contributed by atoms with Crippen LogP contribution in [0.15, 0.2) is 30.6 Å². The summed E-state index contributed by atoms with van der Waals surface area (Å²) in [5, 5.41) is 9.59. The van der Waals surface area contributed by atoms with Crippen molar-refractivity contribution in [1.82, 2.24) is 14.9 Å². The summed E-state index contributed by atoms with van der Waals surface area (Å²) in [5.41, 5.74) is 0.460. The van der Waals surface area contributed by atoms with E-state index in [1.165, 1.54) is 6.07 Å². The van der Waals surface area contributed by atoms with Gasteiger partial charge in [0.2, 0.25) is 0 Å². The van der Waals surface area contributed by atoms with E-state index in [9.17, 15) is 9.90 Å². The number of halogens is 1. The lowest BCUT2D eigenvalue weighted by Gasteiger charge is -2.16. The van der Waals surface area contributed by atoms with Gasteiger partial charge in [0.25, 0.3) is 5.91 Å². The fourth-order valence-corrected chi connectivity index (χ4v) is 1.88. The number of imidazole rings is 1. The normalized spacial score (nSPS) is 10.3. The number of rotatable bonds is 3. The van der Waals surface area contributed by atoms with E-state index >= 15 is 0 Å². The van der Waals surface area contributed by atoms with Crippen LogP contribution in [0, 0.1) is 3.57 Å². The van der Waals surface area contributed by atoms with Crippen LogP contribution in [0.3, 0.4) is 0 Å². The number of carbonyl (C=O) groups is 1. The van der Waals surface area contributed by atoms with Gasteiger partial charge in [0.15, 0.2) is 0 Å². The van der Waals surface area contributed by atoms with E-state index < -0.39 is 0 Å². The van der Waals surface area contributed by atoms with E-state index in [4.69, 9.17) is 0 Å². The van der Waals surface area contributed by atoms with E-state index in [0.717, 1.165) is 9.39 Å². The Hall–Kier alpha value is -1.57. The van der Waals surface area contributed by atoms with Crippen molar-refractivity contribution in [3.8, 4) is 5.75 Å². The van der Waals surface area contributed by atoms with Crippen LogP contribution < -0.4 is 0 Å². The second-order valence-electron chi connectivity index (χ2n) is 3.86. The Labute approximate surface area is 118 Å². The molecule has 5 nitrogen and oxygen atoms in total. The Morgan fingerprint density at radius 2 is 2.33 bits per heavy atom. The van der Waals surface area contributed by atoms with Crippen LogP contribution in [0.5, 0.6) is 5.75 Å². The summed E-state index contributed by atoms with van der Waals surface area (Å²) < 4.78 is 0.720. The van der Waals surface area contributed by atoms with Crippen LogP contribution in [-0.4, -0.2) is 32.9 Å². The highest BCUT2D eigenvalue weighted by Gasteiger charge is 2.14. The Bertz CT molecular complexity index is 554. The summed E-state index contributed by atoms with van der Waals surface area (Å²) in [4.78, 5) is 20.7. The molecule has 6 heteroatoms. The maximum atomic E-state index is 12.1. The molecule has 1 amide bonds. The summed E-state index contributed by atoms with van der Waals surface area (Å²) in [6.07, 6.45) is 3.36. The molecule has 94 valence electrons. The summed E-state index contributed by atoms with van der Waals surface area (Å²) in [7, 11) is 1.69. The number of H-pyrrole nitrogens is 1. The molecule has 0 atom stereocenters. The van der Waals surface area contributed by atoms with Gasteiger partial charge in [0, 0.05) is 25.0 Å². The van der Waals surface area contributed by atoms with E-state index in [1.807, 2.05) is 22.6 Å². The predicted octanol–water partition coefficient (Wildman–Crippen LogP) is 1.99. The van der Waals surface area contributed by atoms with E-state index in [0.29, 0.717) is 12.1 Å². The second-order valence-corrected chi connectivity index (χ2v) is 5.03. The number of aromatic amines is 1. The third-order valence-electron chi connectivity index (χ3n) is 2.48. The quantitative estimate of drug-likeness (QED) is 0.826. The minimum atomic E-state index is -0.155. The zero-order chi connectivity index (χ0) is 13.1. The molecule has 0 aliphatic heterocycles. The zero-order valence-electron chi connectivity index (χ0n) is 9.72. The highest BCUT2D eigenvalue weighted by Crippen LogP contribution is 2.21. The van der Waals surface area contributed by atoms with Gasteiger partial charge in [-0.2, -0.15) is 0 Å². The average Bonchev–Trinajstić information content (AvgIpc) is 2.84. The molecule has 0 saturated heterocycles. The van der Waals surface area contributed by atoms with Crippen LogP contribution in [0.2, 0.25) is 0 Å². The van der Waals surface area contributed by atoms with Gasteiger partial charge in [0.1, 0.15) is 11.6 Å². The predicted molar refractivity (Wildman–Crippen MR) is 75.2 cm³/mol. The van der Waals surface area contributed by atoms with Gasteiger partial charge >= 0.3 is 0 Å². The van der Waals surface area contributed by atoms with Crippen molar-refractivity contribution < 1.29 is 9.90 Å². The van der Waals surface area contributed by atoms with Crippen molar-refractivity contribution in [1.29, 1.82) is 0 Å². The second kappa shape index (κ2) is 5.38. The molecule has 1 aromatic heterocycles. The van der Waals surface area contributed by atoms with Crippen molar-refractivity contribution in [2.24, 2.45) is 0 Å². The molecule has 0 bridgehead atoms. The van der Waals surface area contributed by atoms with Gasteiger partial charge in [-0.3, -0.25) is 4.79 Å². The van der Waals surface area contributed by atoms with Gasteiger partial charge < -0.3 is 15.0 Å². The molecule has 1 heterocycles. The van der Waals surface area contributed by atoms with Gasteiger partial charge in [-0.1, -0.05) is 0 Å². The van der Waals surface area contributed by atoms with Gasteiger partial charge in [-0.15, -0.1) is 0 Å². The number of hydrogen-bond donors (Lipinski definition) is 2. The summed E-state index contributed by atoms with van der Waals surface area (Å²) in [5.74, 6) is 0.687. The lowest BCUT2D eigenvalue weighted by atomic mass is 10.2. The minimum Gasteiger partial charge on any atom is -0.507 e. The summed E-state index contributed by atoms with van der Waals surface area (Å²) in [6.45, 7) is 0.401. The van der Waals surface area contributed by atoms with Crippen molar-refractivity contribution in [3.05, 3.63) is 45.6 Å². The lowest BCUT2D eigenvalue weighted by molar-refractivity contribution is 0.0781. The minimum absolute atomic E-state index is 0.118. The number of hydrogen-bond acceptors (Lipinski definition) is 3. The Morgan fingerprint density at radius 1 is 1.56 bits per heavy atom. The Morgan fingerprint density at radius 3 is 2.94 bits per heavy atom. The summed E-state index contributed by atoms with van der Waals surface area (Å²) in [6, 6.07) is 4.88. The SMILES string of the molecule is CN(Cc1ncc[nH]1)C(=O)c1ccc(I)c(O)c1. The fourth-order valence-electron chi connectivity index (χ4n) is 1.55. The summed E-state index contributed by atoms with van der Waals surface area (Å²) >= 11 is 2.01. The average molecular weight is 357 g/mol. The van der Waals surface area contributed by atoms with E-state index in [2.05, 4.69) is 9.97 Å². The van der Waals surface area contributed by atoms with Crippen LogP contribution in [0.25, 0.3) is 0 Å². The molecule has 0 spiro atoms.